The van der Waals surface area contributed by atoms with Gasteiger partial charge in [-0.2, -0.15) is 0 Å². The molecule has 0 saturated carbocycles. The fourth-order valence-corrected chi connectivity index (χ4v) is 5.78. The van der Waals surface area contributed by atoms with E-state index < -0.39 is 108 Å². The van der Waals surface area contributed by atoms with Gasteiger partial charge in [0.1, 0.15) is 65.0 Å². The molecule has 0 spiro atoms. The lowest BCUT2D eigenvalue weighted by atomic mass is 9.89. The number of aliphatic hydroxyl groups is 4. The molecule has 2 aliphatic rings. The fourth-order valence-electron chi connectivity index (χ4n) is 5.78. The van der Waals surface area contributed by atoms with Gasteiger partial charge in [0.2, 0.25) is 0 Å². The van der Waals surface area contributed by atoms with E-state index in [1.54, 1.807) is 0 Å². The van der Waals surface area contributed by atoms with Gasteiger partial charge in [-0.1, -0.05) is 0 Å². The zero-order chi connectivity index (χ0) is 34.3. The molecule has 2 fully saturated rings. The standard InChI is InChI=1S/C31H34O16/c1-11-26(43-12(2)33)30(44-13(3)34)25(41)31(42-11)47-29-24(40)23(39)20(10-32)46-28(29)22-17(37)8-16(36)21-18(38)9-19(45-27(21)22)14-4-6-15(35)7-5-14/h4-9,11,20,23-26,28-32,35-37,39-41H,10H2,1-3H3/t11?,20?,23-,24+,25+,26+,28+,29?,30?,31+/m1/s1. The van der Waals surface area contributed by atoms with Crippen molar-refractivity contribution in [1.82, 2.24) is 0 Å². The number of rotatable bonds is 7. The Morgan fingerprint density at radius 3 is 2.09 bits per heavy atom. The first kappa shape index (κ1) is 34.1. The smallest absolute Gasteiger partial charge is 0.303 e. The van der Waals surface area contributed by atoms with Crippen LogP contribution in [0.4, 0.5) is 0 Å². The van der Waals surface area contributed by atoms with E-state index in [4.69, 9.17) is 28.1 Å². The van der Waals surface area contributed by atoms with Gasteiger partial charge in [0, 0.05) is 31.5 Å². The van der Waals surface area contributed by atoms with Gasteiger partial charge >= 0.3 is 11.9 Å². The first-order valence-electron chi connectivity index (χ1n) is 14.5. The second kappa shape index (κ2) is 13.4. The van der Waals surface area contributed by atoms with Crippen LogP contribution in [0.2, 0.25) is 0 Å². The summed E-state index contributed by atoms with van der Waals surface area (Å²) in [6.45, 7) is 2.78. The van der Waals surface area contributed by atoms with Gasteiger partial charge in [-0.3, -0.25) is 14.4 Å². The van der Waals surface area contributed by atoms with Crippen LogP contribution in [0.1, 0.15) is 32.4 Å². The maximum absolute atomic E-state index is 13.3. The number of esters is 2. The Morgan fingerprint density at radius 1 is 0.830 bits per heavy atom. The van der Waals surface area contributed by atoms with Crippen LogP contribution in [-0.4, -0.2) is 109 Å². The molecule has 2 saturated heterocycles. The van der Waals surface area contributed by atoms with Gasteiger partial charge in [-0.25, -0.2) is 0 Å². The zero-order valence-corrected chi connectivity index (χ0v) is 25.2. The molecule has 0 bridgehead atoms. The topological polar surface area (TPSA) is 252 Å². The summed E-state index contributed by atoms with van der Waals surface area (Å²) in [7, 11) is 0. The summed E-state index contributed by atoms with van der Waals surface area (Å²) >= 11 is 0. The van der Waals surface area contributed by atoms with Gasteiger partial charge in [0.05, 0.1) is 18.3 Å². The van der Waals surface area contributed by atoms with E-state index in [0.717, 1.165) is 26.0 Å². The second-order valence-electron chi connectivity index (χ2n) is 11.3. The number of benzene rings is 2. The van der Waals surface area contributed by atoms with Gasteiger partial charge in [-0.15, -0.1) is 0 Å². The Labute approximate surface area is 265 Å². The van der Waals surface area contributed by atoms with E-state index in [9.17, 15) is 50.1 Å². The first-order valence-corrected chi connectivity index (χ1v) is 14.5. The van der Waals surface area contributed by atoms with E-state index in [2.05, 4.69) is 0 Å². The lowest BCUT2D eigenvalue weighted by Crippen LogP contribution is -2.63. The summed E-state index contributed by atoms with van der Waals surface area (Å²) in [4.78, 5) is 36.9. The second-order valence-corrected chi connectivity index (χ2v) is 11.3. The maximum Gasteiger partial charge on any atom is 0.303 e. The largest absolute Gasteiger partial charge is 0.508 e. The molecule has 1 aromatic heterocycles. The van der Waals surface area contributed by atoms with E-state index >= 15 is 0 Å². The molecular formula is C31H34O16. The van der Waals surface area contributed by atoms with Crippen molar-refractivity contribution in [2.24, 2.45) is 0 Å². The quantitative estimate of drug-likeness (QED) is 0.165. The fraction of sp³-hybridized carbons (Fsp3) is 0.452. The van der Waals surface area contributed by atoms with E-state index in [-0.39, 0.29) is 17.1 Å². The molecular weight excluding hydrogens is 628 g/mol. The van der Waals surface area contributed by atoms with Crippen LogP contribution in [0, 0.1) is 0 Å². The average molecular weight is 663 g/mol. The molecule has 0 amide bonds. The summed E-state index contributed by atoms with van der Waals surface area (Å²) in [6, 6.07) is 7.46. The highest BCUT2D eigenvalue weighted by Crippen LogP contribution is 2.45. The van der Waals surface area contributed by atoms with Crippen molar-refractivity contribution in [2.75, 3.05) is 6.61 Å². The summed E-state index contributed by atoms with van der Waals surface area (Å²) in [5.74, 6) is -3.08. The number of aromatic hydroxyl groups is 3. The lowest BCUT2D eigenvalue weighted by Gasteiger charge is -2.47. The van der Waals surface area contributed by atoms with Crippen LogP contribution in [0.3, 0.4) is 0 Å². The lowest BCUT2D eigenvalue weighted by molar-refractivity contribution is -0.339. The van der Waals surface area contributed by atoms with Crippen molar-refractivity contribution in [3.8, 4) is 28.6 Å². The van der Waals surface area contributed by atoms with Crippen molar-refractivity contribution < 1.29 is 73.4 Å². The zero-order valence-electron chi connectivity index (χ0n) is 25.2. The SMILES string of the molecule is CC(=O)OC1[C@@H](OC(C)=O)C(C)O[C@@H](OC2[C@@H](O)[C@H](O)C(CO)O[C@H]2c2c(O)cc(O)c3c(=O)cc(-c4ccc(O)cc4)oc23)[C@H]1O. The maximum atomic E-state index is 13.3. The van der Waals surface area contributed by atoms with Crippen molar-refractivity contribution in [3.63, 3.8) is 0 Å². The number of fused-ring (bicyclic) bond motifs is 1. The minimum Gasteiger partial charge on any atom is -0.508 e. The number of aliphatic hydroxyl groups excluding tert-OH is 4. The normalized spacial score (nSPS) is 31.0. The molecule has 5 rings (SSSR count). The predicted octanol–water partition coefficient (Wildman–Crippen LogP) is 0.0851. The summed E-state index contributed by atoms with van der Waals surface area (Å²) in [5.41, 5.74) is -1.19. The van der Waals surface area contributed by atoms with Gasteiger partial charge in [0.25, 0.3) is 0 Å². The number of ether oxygens (including phenoxy) is 5. The highest BCUT2D eigenvalue weighted by atomic mass is 16.7. The van der Waals surface area contributed by atoms with Crippen molar-refractivity contribution in [3.05, 3.63) is 52.2 Å². The monoisotopic (exact) mass is 662 g/mol. The molecule has 0 aliphatic carbocycles. The highest BCUT2D eigenvalue weighted by Gasteiger charge is 2.53. The molecule has 7 N–H and O–H groups in total. The number of phenols is 3. The number of carbonyl (C=O) groups is 2. The first-order chi connectivity index (χ1) is 22.2. The Hall–Kier alpha value is -4.29. The molecule has 2 aromatic carbocycles. The number of hydrogen-bond acceptors (Lipinski definition) is 16. The Kier molecular flexibility index (Phi) is 9.74. The molecule has 10 atom stereocenters. The molecule has 3 aromatic rings. The summed E-state index contributed by atoms with van der Waals surface area (Å²) in [6.07, 6.45) is -16.0. The van der Waals surface area contributed by atoms with Crippen molar-refractivity contribution in [1.29, 1.82) is 0 Å². The van der Waals surface area contributed by atoms with E-state index in [1.807, 2.05) is 0 Å². The van der Waals surface area contributed by atoms with Crippen LogP contribution in [0.15, 0.2) is 45.6 Å². The minimum atomic E-state index is -1.91. The highest BCUT2D eigenvalue weighted by molar-refractivity contribution is 5.89. The molecule has 16 nitrogen and oxygen atoms in total. The Bertz CT molecular complexity index is 1690. The average Bonchev–Trinajstić information content (AvgIpc) is 3.00. The minimum absolute atomic E-state index is 0.0538. The van der Waals surface area contributed by atoms with Crippen LogP contribution in [0.25, 0.3) is 22.3 Å². The van der Waals surface area contributed by atoms with Crippen LogP contribution in [-0.2, 0) is 33.3 Å². The number of phenolic OH excluding ortho intramolecular Hbond substituents is 3. The molecule has 0 radical (unpaired) electrons. The van der Waals surface area contributed by atoms with Crippen molar-refractivity contribution >= 4 is 22.9 Å². The van der Waals surface area contributed by atoms with E-state index in [1.165, 1.54) is 31.2 Å². The summed E-state index contributed by atoms with van der Waals surface area (Å²) in [5, 5.41) is 74.3. The van der Waals surface area contributed by atoms with Crippen molar-refractivity contribution in [2.45, 2.75) is 82.0 Å². The van der Waals surface area contributed by atoms with E-state index in [0.29, 0.717) is 5.56 Å². The molecule has 2 aliphatic heterocycles. The summed E-state index contributed by atoms with van der Waals surface area (Å²) < 4.78 is 34.1. The van der Waals surface area contributed by atoms with Crippen LogP contribution >= 0.6 is 0 Å². The molecule has 254 valence electrons. The van der Waals surface area contributed by atoms with Gasteiger partial charge in [0.15, 0.2) is 29.5 Å². The Morgan fingerprint density at radius 2 is 1.47 bits per heavy atom. The molecule has 3 heterocycles. The van der Waals surface area contributed by atoms with Gasteiger partial charge < -0.3 is 63.8 Å². The number of hydrogen-bond donors (Lipinski definition) is 7. The molecule has 16 heteroatoms. The molecule has 4 unspecified atom stereocenters. The molecule has 47 heavy (non-hydrogen) atoms. The number of carbonyl (C=O) groups excluding carboxylic acids is 2. The third kappa shape index (κ3) is 6.62. The van der Waals surface area contributed by atoms with Crippen LogP contribution in [0.5, 0.6) is 17.2 Å². The Balaban J connectivity index is 1.62. The third-order valence-corrected chi connectivity index (χ3v) is 7.95. The van der Waals surface area contributed by atoms with Gasteiger partial charge in [-0.05, 0) is 31.2 Å². The third-order valence-electron chi connectivity index (χ3n) is 7.95. The predicted molar refractivity (Wildman–Crippen MR) is 156 cm³/mol. The van der Waals surface area contributed by atoms with Crippen LogP contribution < -0.4 is 5.43 Å².